The van der Waals surface area contributed by atoms with E-state index < -0.39 is 11.6 Å². The highest BCUT2D eigenvalue weighted by Gasteiger charge is 2.08. The second kappa shape index (κ2) is 3.25. The molecule has 0 aromatic carbocycles. The van der Waals surface area contributed by atoms with Gasteiger partial charge in [-0.3, -0.25) is 0 Å². The van der Waals surface area contributed by atoms with Gasteiger partial charge in [0.1, 0.15) is 17.2 Å². The number of halogens is 2. The van der Waals surface area contributed by atoms with E-state index in [1.54, 1.807) is 0 Å². The van der Waals surface area contributed by atoms with Crippen LogP contribution in [0.5, 0.6) is 0 Å². The van der Waals surface area contributed by atoms with Gasteiger partial charge in [-0.15, -0.1) is 0 Å². The minimum atomic E-state index is -0.842. The SMILES string of the molecule is C/C(=N\O)c1ncc(F)cc1F. The molecule has 1 aromatic heterocycles. The summed E-state index contributed by atoms with van der Waals surface area (Å²) in [5.74, 6) is -1.60. The van der Waals surface area contributed by atoms with Gasteiger partial charge in [0.05, 0.1) is 6.20 Å². The van der Waals surface area contributed by atoms with E-state index >= 15 is 0 Å². The summed E-state index contributed by atoms with van der Waals surface area (Å²) in [6, 6.07) is 0.678. The van der Waals surface area contributed by atoms with Crippen LogP contribution >= 0.6 is 0 Å². The van der Waals surface area contributed by atoms with Gasteiger partial charge in [-0.25, -0.2) is 13.8 Å². The van der Waals surface area contributed by atoms with Crippen LogP contribution in [0.1, 0.15) is 12.6 Å². The molecule has 0 unspecified atom stereocenters. The lowest BCUT2D eigenvalue weighted by atomic mass is 10.2. The highest BCUT2D eigenvalue weighted by Crippen LogP contribution is 2.06. The molecule has 0 atom stereocenters. The molecule has 0 radical (unpaired) electrons. The van der Waals surface area contributed by atoms with Crippen LogP contribution in [0.3, 0.4) is 0 Å². The Morgan fingerprint density at radius 3 is 2.75 bits per heavy atom. The van der Waals surface area contributed by atoms with Crippen LogP contribution in [-0.4, -0.2) is 15.9 Å². The molecule has 3 nitrogen and oxygen atoms in total. The summed E-state index contributed by atoms with van der Waals surface area (Å²) in [7, 11) is 0. The van der Waals surface area contributed by atoms with Crippen molar-refractivity contribution in [1.82, 2.24) is 4.98 Å². The number of aromatic nitrogens is 1. The van der Waals surface area contributed by atoms with Crippen molar-refractivity contribution in [3.63, 3.8) is 0 Å². The zero-order valence-corrected chi connectivity index (χ0v) is 6.25. The first-order valence-electron chi connectivity index (χ1n) is 3.15. The van der Waals surface area contributed by atoms with E-state index in [4.69, 9.17) is 5.21 Å². The molecule has 12 heavy (non-hydrogen) atoms. The quantitative estimate of drug-likeness (QED) is 0.397. The number of oxime groups is 1. The number of hydrogen-bond donors (Lipinski definition) is 1. The van der Waals surface area contributed by atoms with Crippen molar-refractivity contribution in [3.8, 4) is 0 Å². The molecule has 0 bridgehead atoms. The van der Waals surface area contributed by atoms with Crippen LogP contribution in [0.15, 0.2) is 17.4 Å². The molecule has 0 amide bonds. The standard InChI is InChI=1S/C7H6F2N2O/c1-4(11-12)7-6(9)2-5(8)3-10-7/h2-3,12H,1H3/b11-4+. The molecule has 0 spiro atoms. The fourth-order valence-corrected chi connectivity index (χ4v) is 0.728. The first-order chi connectivity index (χ1) is 5.65. The van der Waals surface area contributed by atoms with E-state index in [9.17, 15) is 8.78 Å². The predicted octanol–water partition coefficient (Wildman–Crippen LogP) is 1.56. The Balaban J connectivity index is 3.18. The zero-order valence-electron chi connectivity index (χ0n) is 6.25. The van der Waals surface area contributed by atoms with Crippen LogP contribution in [-0.2, 0) is 0 Å². The van der Waals surface area contributed by atoms with Crippen molar-refractivity contribution in [1.29, 1.82) is 0 Å². The Bertz CT molecular complexity index is 325. The summed E-state index contributed by atoms with van der Waals surface area (Å²) in [5, 5.41) is 11.0. The Morgan fingerprint density at radius 2 is 2.25 bits per heavy atom. The lowest BCUT2D eigenvalue weighted by Crippen LogP contribution is -2.02. The van der Waals surface area contributed by atoms with Crippen LogP contribution in [0.4, 0.5) is 8.78 Å². The van der Waals surface area contributed by atoms with Crippen molar-refractivity contribution in [3.05, 3.63) is 29.6 Å². The normalized spacial score (nSPS) is 11.8. The molecule has 1 heterocycles. The molecule has 0 saturated heterocycles. The van der Waals surface area contributed by atoms with E-state index in [0.717, 1.165) is 6.20 Å². The van der Waals surface area contributed by atoms with Crippen molar-refractivity contribution >= 4 is 5.71 Å². The third-order valence-corrected chi connectivity index (χ3v) is 1.30. The molecule has 64 valence electrons. The second-order valence-electron chi connectivity index (χ2n) is 2.17. The maximum absolute atomic E-state index is 12.8. The summed E-state index contributed by atoms with van der Waals surface area (Å²) in [4.78, 5) is 3.41. The Morgan fingerprint density at radius 1 is 1.58 bits per heavy atom. The highest BCUT2D eigenvalue weighted by molar-refractivity contribution is 5.96. The predicted molar refractivity (Wildman–Crippen MR) is 38.2 cm³/mol. The van der Waals surface area contributed by atoms with Crippen molar-refractivity contribution in [2.24, 2.45) is 5.16 Å². The van der Waals surface area contributed by atoms with E-state index in [0.29, 0.717) is 6.07 Å². The lowest BCUT2D eigenvalue weighted by Gasteiger charge is -1.98. The zero-order chi connectivity index (χ0) is 9.14. The van der Waals surface area contributed by atoms with Gasteiger partial charge in [0.2, 0.25) is 0 Å². The lowest BCUT2D eigenvalue weighted by molar-refractivity contribution is 0.318. The fraction of sp³-hybridized carbons (Fsp3) is 0.143. The summed E-state index contributed by atoms with van der Waals surface area (Å²) in [5.41, 5.74) is -0.147. The minimum Gasteiger partial charge on any atom is -0.411 e. The van der Waals surface area contributed by atoms with E-state index in [-0.39, 0.29) is 11.4 Å². The van der Waals surface area contributed by atoms with Crippen LogP contribution in [0, 0.1) is 11.6 Å². The first-order valence-corrected chi connectivity index (χ1v) is 3.15. The van der Waals surface area contributed by atoms with Gasteiger partial charge in [0.15, 0.2) is 5.82 Å². The highest BCUT2D eigenvalue weighted by atomic mass is 19.1. The smallest absolute Gasteiger partial charge is 0.153 e. The topological polar surface area (TPSA) is 45.5 Å². The molecular formula is C7H6F2N2O. The van der Waals surface area contributed by atoms with E-state index in [1.165, 1.54) is 6.92 Å². The van der Waals surface area contributed by atoms with Gasteiger partial charge in [-0.1, -0.05) is 5.16 Å². The first kappa shape index (κ1) is 8.58. The van der Waals surface area contributed by atoms with Crippen molar-refractivity contribution < 1.29 is 14.0 Å². The van der Waals surface area contributed by atoms with Gasteiger partial charge < -0.3 is 5.21 Å². The number of rotatable bonds is 1. The Labute approximate surface area is 67.4 Å². The maximum Gasteiger partial charge on any atom is 0.153 e. The molecule has 0 aliphatic heterocycles. The van der Waals surface area contributed by atoms with Crippen LogP contribution in [0.2, 0.25) is 0 Å². The molecule has 0 aliphatic carbocycles. The van der Waals surface area contributed by atoms with Gasteiger partial charge in [-0.05, 0) is 6.92 Å². The van der Waals surface area contributed by atoms with E-state index in [2.05, 4.69) is 10.1 Å². The molecule has 0 saturated carbocycles. The molecular weight excluding hydrogens is 166 g/mol. The Hall–Kier alpha value is -1.52. The molecule has 0 fully saturated rings. The largest absolute Gasteiger partial charge is 0.411 e. The number of pyridine rings is 1. The monoisotopic (exact) mass is 172 g/mol. The van der Waals surface area contributed by atoms with Gasteiger partial charge >= 0.3 is 0 Å². The van der Waals surface area contributed by atoms with Crippen molar-refractivity contribution in [2.75, 3.05) is 0 Å². The molecule has 1 N–H and O–H groups in total. The molecule has 0 aliphatic rings. The van der Waals surface area contributed by atoms with Crippen molar-refractivity contribution in [2.45, 2.75) is 6.92 Å². The maximum atomic E-state index is 12.8. The van der Waals surface area contributed by atoms with Gasteiger partial charge in [0.25, 0.3) is 0 Å². The average Bonchev–Trinajstić information content (AvgIpc) is 2.03. The third kappa shape index (κ3) is 1.55. The summed E-state index contributed by atoms with van der Waals surface area (Å²) >= 11 is 0. The number of nitrogens with zero attached hydrogens (tertiary/aromatic N) is 2. The van der Waals surface area contributed by atoms with Gasteiger partial charge in [-0.2, -0.15) is 0 Å². The van der Waals surface area contributed by atoms with Crippen LogP contribution < -0.4 is 0 Å². The summed E-state index contributed by atoms with van der Waals surface area (Å²) in [6.07, 6.45) is 0.854. The summed E-state index contributed by atoms with van der Waals surface area (Å²) < 4.78 is 25.1. The molecule has 1 rings (SSSR count). The van der Waals surface area contributed by atoms with Gasteiger partial charge in [0, 0.05) is 6.07 Å². The third-order valence-electron chi connectivity index (χ3n) is 1.30. The second-order valence-corrected chi connectivity index (χ2v) is 2.17. The molecule has 5 heteroatoms. The fourth-order valence-electron chi connectivity index (χ4n) is 0.728. The average molecular weight is 172 g/mol. The number of hydrogen-bond acceptors (Lipinski definition) is 3. The minimum absolute atomic E-state index is 0.00694. The molecule has 1 aromatic rings. The summed E-state index contributed by atoms with van der Waals surface area (Å²) in [6.45, 7) is 1.36. The van der Waals surface area contributed by atoms with E-state index in [1.807, 2.05) is 0 Å². The van der Waals surface area contributed by atoms with Crippen LogP contribution in [0.25, 0.3) is 0 Å². The Kier molecular flexibility index (Phi) is 2.32.